The Hall–Kier alpha value is -1.35. The minimum absolute atomic E-state index is 0.0685. The summed E-state index contributed by atoms with van der Waals surface area (Å²) in [5.74, 6) is 0.0685. The fraction of sp³-hybridized carbons (Fsp3) is 0.500. The molecular formula is C14H20N2O. The fourth-order valence-corrected chi connectivity index (χ4v) is 2.40. The number of nitrogens with zero attached hydrogens (tertiary/aromatic N) is 1. The Morgan fingerprint density at radius 1 is 1.47 bits per heavy atom. The van der Waals surface area contributed by atoms with Crippen molar-refractivity contribution in [2.45, 2.75) is 38.6 Å². The van der Waals surface area contributed by atoms with E-state index < -0.39 is 0 Å². The SMILES string of the molecule is CCCC(N)C(=O)N1CCCc2ccccc21. The second kappa shape index (κ2) is 5.32. The summed E-state index contributed by atoms with van der Waals surface area (Å²) >= 11 is 0. The number of benzene rings is 1. The van der Waals surface area contributed by atoms with E-state index >= 15 is 0 Å². The highest BCUT2D eigenvalue weighted by Crippen LogP contribution is 2.27. The smallest absolute Gasteiger partial charge is 0.243 e. The summed E-state index contributed by atoms with van der Waals surface area (Å²) in [7, 11) is 0. The molecule has 92 valence electrons. The molecule has 1 aromatic rings. The lowest BCUT2D eigenvalue weighted by atomic mass is 10.0. The minimum atomic E-state index is -0.355. The Kier molecular flexibility index (Phi) is 3.79. The third kappa shape index (κ3) is 2.50. The number of para-hydroxylation sites is 1. The van der Waals surface area contributed by atoms with Gasteiger partial charge in [0.2, 0.25) is 5.91 Å². The summed E-state index contributed by atoms with van der Waals surface area (Å²) in [4.78, 5) is 14.1. The quantitative estimate of drug-likeness (QED) is 0.867. The molecule has 1 unspecified atom stereocenters. The molecule has 0 radical (unpaired) electrons. The molecule has 1 atom stereocenters. The van der Waals surface area contributed by atoms with Gasteiger partial charge in [-0.3, -0.25) is 4.79 Å². The van der Waals surface area contributed by atoms with Crippen molar-refractivity contribution in [3.63, 3.8) is 0 Å². The van der Waals surface area contributed by atoms with Crippen LogP contribution in [0.25, 0.3) is 0 Å². The van der Waals surface area contributed by atoms with Gasteiger partial charge in [-0.1, -0.05) is 31.5 Å². The summed E-state index contributed by atoms with van der Waals surface area (Å²) in [6, 6.07) is 7.77. The topological polar surface area (TPSA) is 46.3 Å². The number of amides is 1. The van der Waals surface area contributed by atoms with E-state index in [1.54, 1.807) is 0 Å². The van der Waals surface area contributed by atoms with Crippen LogP contribution in [0.5, 0.6) is 0 Å². The highest BCUT2D eigenvalue weighted by Gasteiger charge is 2.25. The van der Waals surface area contributed by atoms with Crippen LogP contribution in [0.3, 0.4) is 0 Å². The van der Waals surface area contributed by atoms with Crippen LogP contribution >= 0.6 is 0 Å². The number of hydrogen-bond donors (Lipinski definition) is 1. The summed E-state index contributed by atoms with van der Waals surface area (Å²) in [5, 5.41) is 0. The van der Waals surface area contributed by atoms with Crippen molar-refractivity contribution in [3.05, 3.63) is 29.8 Å². The van der Waals surface area contributed by atoms with Crippen molar-refractivity contribution < 1.29 is 4.79 Å². The van der Waals surface area contributed by atoms with Gasteiger partial charge in [0.05, 0.1) is 6.04 Å². The van der Waals surface area contributed by atoms with Crippen LogP contribution in [0.15, 0.2) is 24.3 Å². The van der Waals surface area contributed by atoms with E-state index in [1.807, 2.05) is 23.1 Å². The van der Waals surface area contributed by atoms with E-state index in [-0.39, 0.29) is 11.9 Å². The van der Waals surface area contributed by atoms with Gasteiger partial charge in [-0.15, -0.1) is 0 Å². The Labute approximate surface area is 103 Å². The number of carbonyl (C=O) groups is 1. The van der Waals surface area contributed by atoms with E-state index in [9.17, 15) is 4.79 Å². The molecule has 3 heteroatoms. The molecule has 0 saturated heterocycles. The summed E-state index contributed by atoms with van der Waals surface area (Å²) in [6.07, 6.45) is 3.80. The zero-order valence-electron chi connectivity index (χ0n) is 10.4. The van der Waals surface area contributed by atoms with E-state index in [0.717, 1.165) is 37.9 Å². The van der Waals surface area contributed by atoms with Crippen molar-refractivity contribution in [1.29, 1.82) is 0 Å². The molecule has 3 nitrogen and oxygen atoms in total. The molecule has 2 N–H and O–H groups in total. The normalized spacial score (nSPS) is 16.5. The largest absolute Gasteiger partial charge is 0.320 e. The van der Waals surface area contributed by atoms with E-state index in [1.165, 1.54) is 5.56 Å². The van der Waals surface area contributed by atoms with Crippen LogP contribution in [0.1, 0.15) is 31.7 Å². The molecule has 1 heterocycles. The Morgan fingerprint density at radius 2 is 2.24 bits per heavy atom. The first-order valence-corrected chi connectivity index (χ1v) is 6.39. The van der Waals surface area contributed by atoms with Crippen molar-refractivity contribution in [2.75, 3.05) is 11.4 Å². The third-order valence-corrected chi connectivity index (χ3v) is 3.29. The number of hydrogen-bond acceptors (Lipinski definition) is 2. The molecule has 0 saturated carbocycles. The van der Waals surface area contributed by atoms with E-state index in [4.69, 9.17) is 5.73 Å². The van der Waals surface area contributed by atoms with Gasteiger partial charge >= 0.3 is 0 Å². The zero-order chi connectivity index (χ0) is 12.3. The molecule has 0 bridgehead atoms. The van der Waals surface area contributed by atoms with Crippen LogP contribution < -0.4 is 10.6 Å². The molecule has 1 amide bonds. The van der Waals surface area contributed by atoms with Crippen LogP contribution in [-0.4, -0.2) is 18.5 Å². The van der Waals surface area contributed by atoms with Gasteiger partial charge in [0.1, 0.15) is 0 Å². The van der Waals surface area contributed by atoms with Gasteiger partial charge < -0.3 is 10.6 Å². The van der Waals surface area contributed by atoms with E-state index in [0.29, 0.717) is 0 Å². The molecule has 0 aliphatic carbocycles. The Morgan fingerprint density at radius 3 is 3.00 bits per heavy atom. The second-order valence-corrected chi connectivity index (χ2v) is 4.62. The first-order valence-electron chi connectivity index (χ1n) is 6.39. The standard InChI is InChI=1S/C14H20N2O/c1-2-6-12(15)14(17)16-10-5-8-11-7-3-4-9-13(11)16/h3-4,7,9,12H,2,5-6,8,10,15H2,1H3. The summed E-state index contributed by atoms with van der Waals surface area (Å²) in [6.45, 7) is 2.85. The van der Waals surface area contributed by atoms with Gasteiger partial charge in [0.15, 0.2) is 0 Å². The number of nitrogens with two attached hydrogens (primary N) is 1. The number of carbonyl (C=O) groups excluding carboxylic acids is 1. The number of aryl methyl sites for hydroxylation is 1. The highest BCUT2D eigenvalue weighted by molar-refractivity contribution is 5.98. The second-order valence-electron chi connectivity index (χ2n) is 4.62. The highest BCUT2D eigenvalue weighted by atomic mass is 16.2. The van der Waals surface area contributed by atoms with Gasteiger partial charge in [0, 0.05) is 12.2 Å². The van der Waals surface area contributed by atoms with Gasteiger partial charge in [-0.2, -0.15) is 0 Å². The fourth-order valence-electron chi connectivity index (χ4n) is 2.40. The lowest BCUT2D eigenvalue weighted by Crippen LogP contribution is -2.46. The molecule has 0 spiro atoms. The molecule has 2 rings (SSSR count). The van der Waals surface area contributed by atoms with Gasteiger partial charge in [-0.25, -0.2) is 0 Å². The van der Waals surface area contributed by atoms with E-state index in [2.05, 4.69) is 13.0 Å². The van der Waals surface area contributed by atoms with Crippen LogP contribution in [0.2, 0.25) is 0 Å². The maximum atomic E-state index is 12.3. The van der Waals surface area contributed by atoms with Gasteiger partial charge in [-0.05, 0) is 30.9 Å². The minimum Gasteiger partial charge on any atom is -0.320 e. The third-order valence-electron chi connectivity index (χ3n) is 3.29. The lowest BCUT2D eigenvalue weighted by molar-refractivity contribution is -0.120. The summed E-state index contributed by atoms with van der Waals surface area (Å²) < 4.78 is 0. The number of fused-ring (bicyclic) bond motifs is 1. The average Bonchev–Trinajstić information content (AvgIpc) is 2.37. The maximum Gasteiger partial charge on any atom is 0.243 e. The molecule has 17 heavy (non-hydrogen) atoms. The van der Waals surface area contributed by atoms with Crippen molar-refractivity contribution in [2.24, 2.45) is 5.73 Å². The van der Waals surface area contributed by atoms with Crippen LogP contribution in [-0.2, 0) is 11.2 Å². The first kappa shape index (κ1) is 12.1. The average molecular weight is 232 g/mol. The summed E-state index contributed by atoms with van der Waals surface area (Å²) in [5.41, 5.74) is 8.24. The van der Waals surface area contributed by atoms with Crippen LogP contribution in [0, 0.1) is 0 Å². The molecule has 1 aliphatic rings. The molecular weight excluding hydrogens is 212 g/mol. The van der Waals surface area contributed by atoms with Crippen LogP contribution in [0.4, 0.5) is 5.69 Å². The number of anilines is 1. The predicted molar refractivity (Wildman–Crippen MR) is 70.0 cm³/mol. The molecule has 0 fully saturated rings. The number of rotatable bonds is 3. The Bertz CT molecular complexity index is 403. The molecule has 1 aromatic carbocycles. The zero-order valence-corrected chi connectivity index (χ0v) is 10.4. The molecule has 0 aromatic heterocycles. The van der Waals surface area contributed by atoms with Crippen molar-refractivity contribution in [3.8, 4) is 0 Å². The first-order chi connectivity index (χ1) is 8.24. The lowest BCUT2D eigenvalue weighted by Gasteiger charge is -2.31. The molecule has 1 aliphatic heterocycles. The monoisotopic (exact) mass is 232 g/mol. The van der Waals surface area contributed by atoms with Crippen molar-refractivity contribution in [1.82, 2.24) is 0 Å². The van der Waals surface area contributed by atoms with Gasteiger partial charge in [0.25, 0.3) is 0 Å². The van der Waals surface area contributed by atoms with Crippen molar-refractivity contribution >= 4 is 11.6 Å². The predicted octanol–water partition coefficient (Wildman–Crippen LogP) is 2.09. The Balaban J connectivity index is 2.20. The maximum absolute atomic E-state index is 12.3.